The first-order chi connectivity index (χ1) is 8.16. The molecule has 1 atom stereocenters. The van der Waals surface area contributed by atoms with Crippen molar-refractivity contribution in [2.45, 2.75) is 19.5 Å². The Morgan fingerprint density at radius 2 is 2.29 bits per heavy atom. The van der Waals surface area contributed by atoms with Gasteiger partial charge in [0.2, 0.25) is 5.91 Å². The average Bonchev–Trinajstić information content (AvgIpc) is 2.77. The predicted molar refractivity (Wildman–Crippen MR) is 60.0 cm³/mol. The number of amides is 1. The molecule has 94 valence electrons. The molecule has 1 aliphatic rings. The zero-order valence-corrected chi connectivity index (χ0v) is 9.87. The van der Waals surface area contributed by atoms with Gasteiger partial charge in [-0.15, -0.1) is 5.10 Å². The van der Waals surface area contributed by atoms with Gasteiger partial charge in [0.15, 0.2) is 0 Å². The van der Waals surface area contributed by atoms with Gasteiger partial charge in [0.1, 0.15) is 6.04 Å². The number of hydrogen-bond donors (Lipinski definition) is 1. The summed E-state index contributed by atoms with van der Waals surface area (Å²) < 4.78 is 6.77. The molecule has 0 saturated carbocycles. The molecule has 2 rings (SSSR count). The van der Waals surface area contributed by atoms with Crippen molar-refractivity contribution in [3.8, 4) is 0 Å². The predicted octanol–water partition coefficient (Wildman–Crippen LogP) is -0.843. The van der Waals surface area contributed by atoms with Crippen LogP contribution in [0.1, 0.15) is 18.7 Å². The summed E-state index contributed by atoms with van der Waals surface area (Å²) in [6.07, 6.45) is 1.77. The normalized spacial score (nSPS) is 19.1. The third-order valence-corrected chi connectivity index (χ3v) is 2.86. The van der Waals surface area contributed by atoms with Crippen LogP contribution in [0.5, 0.6) is 0 Å². The second kappa shape index (κ2) is 5.24. The van der Waals surface area contributed by atoms with Crippen LogP contribution in [-0.2, 0) is 16.1 Å². The number of aromatic nitrogens is 3. The number of carbonyl (C=O) groups is 1. The standard InChI is InChI=1S/C10H17N5O2/c1-8(10(11)16)15-7-9(12-13-15)6-14-2-4-17-5-3-14/h7-8H,2-6H2,1H3,(H2,11,16)/t8-/m0/s1. The van der Waals surface area contributed by atoms with Gasteiger partial charge in [-0.25, -0.2) is 4.68 Å². The van der Waals surface area contributed by atoms with Gasteiger partial charge in [0.05, 0.1) is 25.1 Å². The van der Waals surface area contributed by atoms with Crippen LogP contribution in [0.4, 0.5) is 0 Å². The van der Waals surface area contributed by atoms with Crippen molar-refractivity contribution in [1.29, 1.82) is 0 Å². The van der Waals surface area contributed by atoms with Crippen molar-refractivity contribution in [3.05, 3.63) is 11.9 Å². The van der Waals surface area contributed by atoms with Crippen molar-refractivity contribution in [2.24, 2.45) is 5.73 Å². The first kappa shape index (κ1) is 12.0. The number of primary amides is 1. The Morgan fingerprint density at radius 3 is 2.94 bits per heavy atom. The first-order valence-corrected chi connectivity index (χ1v) is 5.67. The maximum Gasteiger partial charge on any atom is 0.242 e. The summed E-state index contributed by atoms with van der Waals surface area (Å²) in [6.45, 7) is 5.75. The smallest absolute Gasteiger partial charge is 0.242 e. The van der Waals surface area contributed by atoms with E-state index in [9.17, 15) is 4.79 Å². The average molecular weight is 239 g/mol. The summed E-state index contributed by atoms with van der Waals surface area (Å²) in [6, 6.07) is -0.457. The number of nitrogens with two attached hydrogens (primary N) is 1. The second-order valence-electron chi connectivity index (χ2n) is 4.16. The van der Waals surface area contributed by atoms with Gasteiger partial charge in [-0.2, -0.15) is 0 Å². The second-order valence-corrected chi connectivity index (χ2v) is 4.16. The van der Waals surface area contributed by atoms with Crippen molar-refractivity contribution in [2.75, 3.05) is 26.3 Å². The molecule has 7 nitrogen and oxygen atoms in total. The van der Waals surface area contributed by atoms with E-state index in [1.807, 2.05) is 0 Å². The van der Waals surface area contributed by atoms with E-state index in [-0.39, 0.29) is 0 Å². The van der Waals surface area contributed by atoms with E-state index in [0.29, 0.717) is 0 Å². The van der Waals surface area contributed by atoms with E-state index in [4.69, 9.17) is 10.5 Å². The molecule has 1 aromatic heterocycles. The number of rotatable bonds is 4. The lowest BCUT2D eigenvalue weighted by Crippen LogP contribution is -2.35. The highest BCUT2D eigenvalue weighted by atomic mass is 16.5. The summed E-state index contributed by atoms with van der Waals surface area (Å²) in [5.41, 5.74) is 6.05. The Labute approximate surface area is 99.5 Å². The molecule has 1 aromatic rings. The van der Waals surface area contributed by atoms with Crippen LogP contribution in [0.25, 0.3) is 0 Å². The van der Waals surface area contributed by atoms with Crippen molar-refractivity contribution in [1.82, 2.24) is 19.9 Å². The first-order valence-electron chi connectivity index (χ1n) is 5.67. The highest BCUT2D eigenvalue weighted by molar-refractivity contribution is 5.77. The maximum atomic E-state index is 11.0. The van der Waals surface area contributed by atoms with Crippen LogP contribution in [0, 0.1) is 0 Å². The number of carbonyl (C=O) groups excluding carboxylic acids is 1. The minimum absolute atomic E-state index is 0.409. The molecule has 0 spiro atoms. The Morgan fingerprint density at radius 1 is 1.59 bits per heavy atom. The Hall–Kier alpha value is -1.47. The molecule has 2 N–H and O–H groups in total. The van der Waals surface area contributed by atoms with Gasteiger partial charge in [0, 0.05) is 19.6 Å². The highest BCUT2D eigenvalue weighted by Crippen LogP contribution is 2.07. The molecule has 1 aliphatic heterocycles. The van der Waals surface area contributed by atoms with Gasteiger partial charge >= 0.3 is 0 Å². The fourth-order valence-electron chi connectivity index (χ4n) is 1.69. The quantitative estimate of drug-likeness (QED) is 0.740. The summed E-state index contributed by atoms with van der Waals surface area (Å²) in [7, 11) is 0. The van der Waals surface area contributed by atoms with Gasteiger partial charge < -0.3 is 10.5 Å². The lowest BCUT2D eigenvalue weighted by molar-refractivity contribution is -0.120. The van der Waals surface area contributed by atoms with Crippen LogP contribution >= 0.6 is 0 Å². The summed E-state index contributed by atoms with van der Waals surface area (Å²) in [4.78, 5) is 13.2. The number of nitrogens with zero attached hydrogens (tertiary/aromatic N) is 4. The fourth-order valence-corrected chi connectivity index (χ4v) is 1.69. The van der Waals surface area contributed by atoms with Gasteiger partial charge in [-0.1, -0.05) is 5.21 Å². The van der Waals surface area contributed by atoms with Crippen LogP contribution in [0.2, 0.25) is 0 Å². The van der Waals surface area contributed by atoms with Crippen molar-refractivity contribution in [3.63, 3.8) is 0 Å². The summed E-state index contributed by atoms with van der Waals surface area (Å²) in [5, 5.41) is 7.95. The largest absolute Gasteiger partial charge is 0.379 e. The minimum atomic E-state index is -0.457. The molecule has 0 aromatic carbocycles. The number of hydrogen-bond acceptors (Lipinski definition) is 5. The molecule has 0 aliphatic carbocycles. The minimum Gasteiger partial charge on any atom is -0.379 e. The van der Waals surface area contributed by atoms with E-state index in [0.717, 1.165) is 38.5 Å². The molecule has 1 amide bonds. The molecule has 1 fully saturated rings. The van der Waals surface area contributed by atoms with E-state index >= 15 is 0 Å². The van der Waals surface area contributed by atoms with E-state index in [1.54, 1.807) is 13.1 Å². The Bertz CT molecular complexity index is 386. The Balaban J connectivity index is 1.95. The molecule has 0 bridgehead atoms. The Kier molecular flexibility index (Phi) is 3.70. The van der Waals surface area contributed by atoms with Gasteiger partial charge in [-0.05, 0) is 6.92 Å². The molecule has 1 saturated heterocycles. The van der Waals surface area contributed by atoms with Crippen LogP contribution in [0.15, 0.2) is 6.20 Å². The van der Waals surface area contributed by atoms with Gasteiger partial charge in [-0.3, -0.25) is 9.69 Å². The maximum absolute atomic E-state index is 11.0. The summed E-state index contributed by atoms with van der Waals surface area (Å²) in [5.74, 6) is -0.409. The molecule has 17 heavy (non-hydrogen) atoms. The molecule has 2 heterocycles. The van der Waals surface area contributed by atoms with Crippen molar-refractivity contribution >= 4 is 5.91 Å². The number of morpholine rings is 1. The topological polar surface area (TPSA) is 86.3 Å². The third-order valence-electron chi connectivity index (χ3n) is 2.86. The molecule has 0 radical (unpaired) electrons. The lowest BCUT2D eigenvalue weighted by atomic mass is 10.3. The van der Waals surface area contributed by atoms with Crippen LogP contribution in [0.3, 0.4) is 0 Å². The van der Waals surface area contributed by atoms with E-state index < -0.39 is 11.9 Å². The zero-order chi connectivity index (χ0) is 12.3. The van der Waals surface area contributed by atoms with Crippen LogP contribution < -0.4 is 5.73 Å². The van der Waals surface area contributed by atoms with E-state index in [2.05, 4.69) is 15.2 Å². The van der Waals surface area contributed by atoms with E-state index in [1.165, 1.54) is 4.68 Å². The molecular formula is C10H17N5O2. The molecule has 0 unspecified atom stereocenters. The molecular weight excluding hydrogens is 222 g/mol. The van der Waals surface area contributed by atoms with Gasteiger partial charge in [0.25, 0.3) is 0 Å². The monoisotopic (exact) mass is 239 g/mol. The zero-order valence-electron chi connectivity index (χ0n) is 9.87. The fraction of sp³-hybridized carbons (Fsp3) is 0.700. The SMILES string of the molecule is C[C@@H](C(N)=O)n1cc(CN2CCOCC2)nn1. The lowest BCUT2D eigenvalue weighted by Gasteiger charge is -2.25. The highest BCUT2D eigenvalue weighted by Gasteiger charge is 2.16. The molecule has 7 heteroatoms. The van der Waals surface area contributed by atoms with Crippen molar-refractivity contribution < 1.29 is 9.53 Å². The number of ether oxygens (including phenoxy) is 1. The van der Waals surface area contributed by atoms with Crippen LogP contribution in [-0.4, -0.2) is 52.1 Å². The summed E-state index contributed by atoms with van der Waals surface area (Å²) >= 11 is 0. The third kappa shape index (κ3) is 3.01.